The van der Waals surface area contributed by atoms with Crippen LogP contribution < -0.4 is 9.47 Å². The molecule has 0 saturated heterocycles. The van der Waals surface area contributed by atoms with Crippen LogP contribution in [0, 0.1) is 13.8 Å². The van der Waals surface area contributed by atoms with Crippen molar-refractivity contribution in [3.05, 3.63) is 47.5 Å². The van der Waals surface area contributed by atoms with E-state index in [9.17, 15) is 4.21 Å². The molecular weight excluding hydrogens is 360 g/mol. The highest BCUT2D eigenvalue weighted by Crippen LogP contribution is 2.27. The summed E-state index contributed by atoms with van der Waals surface area (Å²) in [4.78, 5) is 1.16. The minimum atomic E-state index is -1.56. The van der Waals surface area contributed by atoms with Crippen molar-refractivity contribution < 1.29 is 34.1 Å². The van der Waals surface area contributed by atoms with Crippen LogP contribution in [-0.2, 0) is 10.8 Å². The van der Waals surface area contributed by atoms with E-state index < -0.39 is 23.4 Å². The summed E-state index contributed by atoms with van der Waals surface area (Å²) in [6, 6.07) is 10.0. The summed E-state index contributed by atoms with van der Waals surface area (Å²) in [7, 11) is -1.42. The molecule has 0 amide bonds. The molecule has 0 unspecified atom stereocenters. The van der Waals surface area contributed by atoms with E-state index in [-0.39, 0.29) is 13.2 Å². The molecule has 0 aliphatic rings. The van der Waals surface area contributed by atoms with E-state index in [4.69, 9.17) is 29.9 Å². The number of ether oxygens (including phenoxy) is 2. The molecule has 0 atom stereocenters. The molecule has 0 aromatic heterocycles. The Labute approximate surface area is 153 Å². The summed E-state index contributed by atoms with van der Waals surface area (Å²) in [6.45, 7) is 3.07. The van der Waals surface area contributed by atoms with Gasteiger partial charge in [0.25, 0.3) is 0 Å². The van der Waals surface area contributed by atoms with Crippen LogP contribution in [0.15, 0.2) is 46.2 Å². The molecule has 0 aliphatic carbocycles. The van der Waals surface area contributed by atoms with Gasteiger partial charge in [-0.2, -0.15) is 0 Å². The van der Waals surface area contributed by atoms with Crippen molar-refractivity contribution in [2.24, 2.45) is 0 Å². The first-order valence-electron chi connectivity index (χ1n) is 7.89. The Kier molecular flexibility index (Phi) is 7.13. The number of aliphatic hydroxyl groups is 4. The minimum Gasteiger partial charge on any atom is -0.488 e. The number of benzene rings is 2. The number of rotatable bonds is 8. The average Bonchev–Trinajstić information content (AvgIpc) is 2.58. The fourth-order valence-electron chi connectivity index (χ4n) is 2.26. The van der Waals surface area contributed by atoms with Gasteiger partial charge in [0.1, 0.15) is 24.7 Å². The van der Waals surface area contributed by atoms with Gasteiger partial charge in [-0.25, -0.2) is 4.21 Å². The Morgan fingerprint density at radius 1 is 0.808 bits per heavy atom. The normalized spacial score (nSPS) is 11.4. The van der Waals surface area contributed by atoms with Gasteiger partial charge in [-0.1, -0.05) is 0 Å². The monoisotopic (exact) mass is 382 g/mol. The van der Waals surface area contributed by atoms with E-state index in [0.717, 1.165) is 11.1 Å². The van der Waals surface area contributed by atoms with Gasteiger partial charge < -0.3 is 29.9 Å². The Hall–Kier alpha value is -1.97. The maximum absolute atomic E-state index is 12.8. The highest BCUT2D eigenvalue weighted by molar-refractivity contribution is 7.85. The Morgan fingerprint density at radius 3 is 1.50 bits per heavy atom. The van der Waals surface area contributed by atoms with E-state index in [1.165, 1.54) is 0 Å². The van der Waals surface area contributed by atoms with Gasteiger partial charge in [0, 0.05) is 9.79 Å². The molecule has 0 bridgehead atoms. The second kappa shape index (κ2) is 9.11. The van der Waals surface area contributed by atoms with E-state index >= 15 is 0 Å². The lowest BCUT2D eigenvalue weighted by molar-refractivity contribution is -0.0685. The quantitative estimate of drug-likeness (QED) is 0.500. The number of aryl methyl sites for hydroxylation is 2. The van der Waals surface area contributed by atoms with E-state index in [1.54, 1.807) is 50.2 Å². The molecular formula is C18H22O7S. The van der Waals surface area contributed by atoms with Crippen LogP contribution in [0.2, 0.25) is 0 Å². The zero-order valence-electron chi connectivity index (χ0n) is 14.5. The molecule has 4 N–H and O–H groups in total. The summed E-state index contributed by atoms with van der Waals surface area (Å²) >= 11 is 0. The van der Waals surface area contributed by atoms with E-state index in [0.29, 0.717) is 21.3 Å². The molecule has 142 valence electrons. The van der Waals surface area contributed by atoms with Gasteiger partial charge in [0.15, 0.2) is 12.6 Å². The third-order valence-corrected chi connectivity index (χ3v) is 4.86. The second-order valence-corrected chi connectivity index (χ2v) is 7.19. The first-order valence-corrected chi connectivity index (χ1v) is 9.04. The molecule has 0 fully saturated rings. The predicted molar refractivity (Wildman–Crippen MR) is 94.5 cm³/mol. The lowest BCUT2D eigenvalue weighted by Crippen LogP contribution is -2.16. The summed E-state index contributed by atoms with van der Waals surface area (Å²) in [5, 5.41) is 35.4. The third kappa shape index (κ3) is 5.52. The summed E-state index contributed by atoms with van der Waals surface area (Å²) < 4.78 is 23.3. The van der Waals surface area contributed by atoms with Crippen LogP contribution in [0.3, 0.4) is 0 Å². The molecule has 8 heteroatoms. The van der Waals surface area contributed by atoms with E-state index in [1.807, 2.05) is 0 Å². The van der Waals surface area contributed by atoms with Crippen LogP contribution in [0.25, 0.3) is 0 Å². The van der Waals surface area contributed by atoms with Crippen LogP contribution in [0.5, 0.6) is 11.5 Å². The van der Waals surface area contributed by atoms with Gasteiger partial charge in [0.05, 0.1) is 10.8 Å². The lowest BCUT2D eigenvalue weighted by Gasteiger charge is -2.13. The first-order chi connectivity index (χ1) is 12.3. The van der Waals surface area contributed by atoms with Crippen LogP contribution in [-0.4, -0.2) is 50.4 Å². The molecule has 2 aromatic carbocycles. The van der Waals surface area contributed by atoms with Crippen LogP contribution in [0.4, 0.5) is 0 Å². The molecule has 2 rings (SSSR count). The van der Waals surface area contributed by atoms with Crippen molar-refractivity contribution in [2.45, 2.75) is 36.2 Å². The van der Waals surface area contributed by atoms with E-state index in [2.05, 4.69) is 0 Å². The Bertz CT molecular complexity index is 711. The smallest absolute Gasteiger partial charge is 0.186 e. The highest BCUT2D eigenvalue weighted by atomic mass is 32.2. The second-order valence-electron chi connectivity index (χ2n) is 5.71. The maximum Gasteiger partial charge on any atom is 0.186 e. The summed E-state index contributed by atoms with van der Waals surface area (Å²) in [5.74, 6) is 0.975. The summed E-state index contributed by atoms with van der Waals surface area (Å²) in [5.41, 5.74) is 1.45. The van der Waals surface area contributed by atoms with Crippen molar-refractivity contribution >= 4 is 10.8 Å². The third-order valence-electron chi connectivity index (χ3n) is 3.50. The molecule has 0 spiro atoms. The Balaban J connectivity index is 2.15. The van der Waals surface area contributed by atoms with Crippen molar-refractivity contribution in [1.82, 2.24) is 0 Å². The fraction of sp³-hybridized carbons (Fsp3) is 0.333. The molecule has 26 heavy (non-hydrogen) atoms. The minimum absolute atomic E-state index is 0.244. The lowest BCUT2D eigenvalue weighted by atomic mass is 10.2. The molecule has 0 aliphatic heterocycles. The SMILES string of the molecule is Cc1cc(S(=O)c2ccc(OCC(O)O)c(C)c2)ccc1OCC(O)O. The van der Waals surface area contributed by atoms with Crippen molar-refractivity contribution in [1.29, 1.82) is 0 Å². The maximum atomic E-state index is 12.8. The first kappa shape index (κ1) is 20.3. The predicted octanol–water partition coefficient (Wildman–Crippen LogP) is 0.849. The molecule has 0 radical (unpaired) electrons. The molecule has 2 aromatic rings. The number of hydrogen-bond acceptors (Lipinski definition) is 7. The van der Waals surface area contributed by atoms with Crippen LogP contribution >= 0.6 is 0 Å². The van der Waals surface area contributed by atoms with Crippen molar-refractivity contribution in [3.8, 4) is 11.5 Å². The van der Waals surface area contributed by atoms with Crippen LogP contribution in [0.1, 0.15) is 11.1 Å². The number of hydrogen-bond donors (Lipinski definition) is 4. The van der Waals surface area contributed by atoms with Crippen molar-refractivity contribution in [2.75, 3.05) is 13.2 Å². The highest BCUT2D eigenvalue weighted by Gasteiger charge is 2.12. The fourth-order valence-corrected chi connectivity index (χ4v) is 3.49. The zero-order valence-corrected chi connectivity index (χ0v) is 15.3. The van der Waals surface area contributed by atoms with Gasteiger partial charge >= 0.3 is 0 Å². The van der Waals surface area contributed by atoms with Gasteiger partial charge in [-0.3, -0.25) is 0 Å². The van der Waals surface area contributed by atoms with Crippen molar-refractivity contribution in [3.63, 3.8) is 0 Å². The van der Waals surface area contributed by atoms with Gasteiger partial charge in [0.2, 0.25) is 0 Å². The average molecular weight is 382 g/mol. The molecule has 7 nitrogen and oxygen atoms in total. The topological polar surface area (TPSA) is 116 Å². The standard InChI is InChI=1S/C18H22O7S/c1-11-7-13(3-5-15(11)24-9-17(19)20)26(23)14-4-6-16(12(2)8-14)25-10-18(21)22/h3-8,17-22H,9-10H2,1-2H3. The molecule has 0 saturated carbocycles. The van der Waals surface area contributed by atoms with Gasteiger partial charge in [-0.15, -0.1) is 0 Å². The van der Waals surface area contributed by atoms with Gasteiger partial charge in [-0.05, 0) is 61.4 Å². The zero-order chi connectivity index (χ0) is 19.3. The largest absolute Gasteiger partial charge is 0.488 e. The molecule has 0 heterocycles. The Morgan fingerprint density at radius 2 is 1.19 bits per heavy atom. The number of aliphatic hydroxyl groups excluding tert-OH is 2. The summed E-state index contributed by atoms with van der Waals surface area (Å²) in [6.07, 6.45) is -3.11.